The molecule has 5 N–H and O–H groups in total. The van der Waals surface area contributed by atoms with Crippen LogP contribution >= 0.6 is 11.6 Å². The number of ether oxygens (including phenoxy) is 1. The molecule has 140 valence electrons. The Balaban J connectivity index is 2.20. The first-order valence-electron chi connectivity index (χ1n) is 7.81. The Morgan fingerprint density at radius 1 is 1.50 bits per heavy atom. The molecule has 0 aliphatic carbocycles. The van der Waals surface area contributed by atoms with E-state index in [0.29, 0.717) is 0 Å². The van der Waals surface area contributed by atoms with Crippen molar-refractivity contribution in [3.8, 4) is 0 Å². The number of alkyl halides is 1. The van der Waals surface area contributed by atoms with Gasteiger partial charge in [0.05, 0.1) is 12.0 Å². The molecule has 3 heterocycles. The first-order chi connectivity index (χ1) is 12.2. The van der Waals surface area contributed by atoms with Crippen LogP contribution in [0.4, 0.5) is 5.82 Å². The largest absolute Gasteiger partial charge is 0.490 e. The molecule has 2 unspecified atom stereocenters. The average Bonchev–Trinajstić information content (AvgIpc) is 3.04. The SMILES string of the molecule is CC(=O)Nc1ncnc2c1c(B(O)O)cn2[C@@H]1OC(CO)C(O)[C@@]1(C)Cl. The highest BCUT2D eigenvalue weighted by molar-refractivity contribution is 6.62. The van der Waals surface area contributed by atoms with E-state index >= 15 is 0 Å². The van der Waals surface area contributed by atoms with Gasteiger partial charge in [0.15, 0.2) is 6.23 Å². The smallest absolute Gasteiger partial charge is 0.423 e. The minimum absolute atomic E-state index is 0.0300. The zero-order chi connectivity index (χ0) is 19.2. The summed E-state index contributed by atoms with van der Waals surface area (Å²) >= 11 is 6.46. The van der Waals surface area contributed by atoms with Gasteiger partial charge in [-0.25, -0.2) is 9.97 Å². The standard InChI is InChI=1S/C14H18BClN4O6/c1-6(22)19-11-9-7(15(24)25)3-20(12(9)18-5-17-11)13-14(2,16)10(23)8(4-21)26-13/h3,5,8,10,13,21,23-25H,4H2,1-2H3,(H,17,18,19,22)/t8?,10?,13-,14-/m1/s1. The molecule has 1 aliphatic rings. The summed E-state index contributed by atoms with van der Waals surface area (Å²) in [5.41, 5.74) is 0.247. The number of aliphatic hydroxyl groups excluding tert-OH is 2. The molecule has 2 aromatic heterocycles. The van der Waals surface area contributed by atoms with Gasteiger partial charge >= 0.3 is 7.12 Å². The number of anilines is 1. The lowest BCUT2D eigenvalue weighted by atomic mass is 9.80. The van der Waals surface area contributed by atoms with Gasteiger partial charge in [-0.3, -0.25) is 4.79 Å². The number of hydrogen-bond acceptors (Lipinski definition) is 8. The molecular weight excluding hydrogens is 366 g/mol. The molecule has 10 nitrogen and oxygen atoms in total. The number of nitrogens with one attached hydrogen (secondary N) is 1. The number of halogens is 1. The van der Waals surface area contributed by atoms with Gasteiger partial charge in [-0.1, -0.05) is 0 Å². The van der Waals surface area contributed by atoms with Crippen LogP contribution in [0.25, 0.3) is 11.0 Å². The second kappa shape index (κ2) is 6.76. The highest BCUT2D eigenvalue weighted by Gasteiger charge is 2.53. The molecule has 1 fully saturated rings. The molecule has 1 amide bonds. The maximum atomic E-state index is 11.4. The summed E-state index contributed by atoms with van der Waals surface area (Å²) in [4.78, 5) is 18.2. The highest BCUT2D eigenvalue weighted by atomic mass is 35.5. The molecule has 3 rings (SSSR count). The fourth-order valence-corrected chi connectivity index (χ4v) is 3.41. The van der Waals surface area contributed by atoms with E-state index in [9.17, 15) is 25.1 Å². The Hall–Kier alpha value is -1.76. The van der Waals surface area contributed by atoms with E-state index in [0.717, 1.165) is 0 Å². The minimum Gasteiger partial charge on any atom is -0.423 e. The monoisotopic (exact) mass is 384 g/mol. The topological polar surface area (TPSA) is 150 Å². The van der Waals surface area contributed by atoms with Crippen LogP contribution < -0.4 is 10.8 Å². The molecule has 0 radical (unpaired) electrons. The van der Waals surface area contributed by atoms with Crippen molar-refractivity contribution in [3.05, 3.63) is 12.5 Å². The Labute approximate surface area is 153 Å². The minimum atomic E-state index is -1.88. The zero-order valence-electron chi connectivity index (χ0n) is 14.0. The highest BCUT2D eigenvalue weighted by Crippen LogP contribution is 2.44. The maximum absolute atomic E-state index is 11.4. The quantitative estimate of drug-likeness (QED) is 0.310. The van der Waals surface area contributed by atoms with E-state index in [4.69, 9.17) is 16.3 Å². The average molecular weight is 385 g/mol. The number of aromatic nitrogens is 3. The number of hydrogen-bond donors (Lipinski definition) is 5. The molecule has 0 bridgehead atoms. The Morgan fingerprint density at radius 3 is 2.73 bits per heavy atom. The summed E-state index contributed by atoms with van der Waals surface area (Å²) < 4.78 is 7.09. The summed E-state index contributed by atoms with van der Waals surface area (Å²) in [6.45, 7) is 2.38. The number of carbonyl (C=O) groups is 1. The van der Waals surface area contributed by atoms with E-state index in [2.05, 4.69) is 15.3 Å². The third kappa shape index (κ3) is 2.96. The van der Waals surface area contributed by atoms with Crippen LogP contribution in [0.15, 0.2) is 12.5 Å². The number of fused-ring (bicyclic) bond motifs is 1. The molecule has 1 saturated heterocycles. The Kier molecular flexibility index (Phi) is 4.95. The van der Waals surface area contributed by atoms with E-state index < -0.39 is 42.9 Å². The molecule has 0 spiro atoms. The second-order valence-electron chi connectivity index (χ2n) is 6.27. The van der Waals surface area contributed by atoms with Crippen LogP contribution in [0.5, 0.6) is 0 Å². The van der Waals surface area contributed by atoms with Gasteiger partial charge in [0.2, 0.25) is 5.91 Å². The van der Waals surface area contributed by atoms with Crippen molar-refractivity contribution < 1.29 is 29.8 Å². The van der Waals surface area contributed by atoms with Crippen molar-refractivity contribution in [2.75, 3.05) is 11.9 Å². The molecule has 0 aromatic carbocycles. The molecule has 2 aromatic rings. The first-order valence-corrected chi connectivity index (χ1v) is 8.18. The van der Waals surface area contributed by atoms with Gasteiger partial charge in [-0.15, -0.1) is 11.6 Å². The lowest BCUT2D eigenvalue weighted by molar-refractivity contribution is -0.114. The molecule has 12 heteroatoms. The third-order valence-electron chi connectivity index (χ3n) is 4.36. The van der Waals surface area contributed by atoms with E-state index in [1.807, 2.05) is 0 Å². The maximum Gasteiger partial charge on any atom is 0.490 e. The second-order valence-corrected chi connectivity index (χ2v) is 7.09. The third-order valence-corrected chi connectivity index (χ3v) is 4.77. The van der Waals surface area contributed by atoms with Gasteiger partial charge in [-0.2, -0.15) is 0 Å². The summed E-state index contributed by atoms with van der Waals surface area (Å²) in [6, 6.07) is 0. The first kappa shape index (κ1) is 19.0. The number of aliphatic hydroxyl groups is 2. The van der Waals surface area contributed by atoms with Crippen LogP contribution in [0.2, 0.25) is 0 Å². The Morgan fingerprint density at radius 2 is 2.19 bits per heavy atom. The van der Waals surface area contributed by atoms with E-state index in [1.165, 1.54) is 30.9 Å². The molecule has 4 atom stereocenters. The summed E-state index contributed by atoms with van der Waals surface area (Å²) in [6.07, 6.45) is -0.508. The van der Waals surface area contributed by atoms with Gasteiger partial charge in [0.1, 0.15) is 34.9 Å². The van der Waals surface area contributed by atoms with Crippen LogP contribution in [-0.2, 0) is 9.53 Å². The lowest BCUT2D eigenvalue weighted by Gasteiger charge is -2.26. The van der Waals surface area contributed by atoms with Crippen molar-refractivity contribution in [1.82, 2.24) is 14.5 Å². The number of carbonyl (C=O) groups excluding carboxylic acids is 1. The summed E-state index contributed by atoms with van der Waals surface area (Å²) in [7, 11) is -1.88. The van der Waals surface area contributed by atoms with Crippen molar-refractivity contribution in [1.29, 1.82) is 0 Å². The van der Waals surface area contributed by atoms with Gasteiger partial charge in [0.25, 0.3) is 0 Å². The predicted octanol–water partition coefficient (Wildman–Crippen LogP) is -1.68. The fourth-order valence-electron chi connectivity index (χ4n) is 3.11. The molecule has 26 heavy (non-hydrogen) atoms. The number of rotatable bonds is 4. The van der Waals surface area contributed by atoms with Crippen LogP contribution in [-0.4, -0.2) is 71.5 Å². The van der Waals surface area contributed by atoms with Gasteiger partial charge in [-0.05, 0) is 6.92 Å². The van der Waals surface area contributed by atoms with Gasteiger partial charge < -0.3 is 34.9 Å². The Bertz CT molecular complexity index is 844. The van der Waals surface area contributed by atoms with Gasteiger partial charge in [0, 0.05) is 18.6 Å². The van der Waals surface area contributed by atoms with Crippen molar-refractivity contribution in [3.63, 3.8) is 0 Å². The fraction of sp³-hybridized carbons (Fsp3) is 0.500. The van der Waals surface area contributed by atoms with Crippen molar-refractivity contribution in [2.45, 2.75) is 37.2 Å². The summed E-state index contributed by atoms with van der Waals surface area (Å²) in [5, 5.41) is 41.8. The lowest BCUT2D eigenvalue weighted by Crippen LogP contribution is -2.39. The number of amides is 1. The molecule has 0 saturated carbocycles. The summed E-state index contributed by atoms with van der Waals surface area (Å²) in [5.74, 6) is -0.302. The molecular formula is C14H18BClN4O6. The number of nitrogens with zero attached hydrogens (tertiary/aromatic N) is 3. The predicted molar refractivity (Wildman–Crippen MR) is 92.9 cm³/mol. The van der Waals surface area contributed by atoms with Crippen LogP contribution in [0.3, 0.4) is 0 Å². The van der Waals surface area contributed by atoms with Crippen molar-refractivity contribution >= 4 is 46.9 Å². The van der Waals surface area contributed by atoms with Crippen molar-refractivity contribution in [2.24, 2.45) is 0 Å². The molecule has 1 aliphatic heterocycles. The van der Waals surface area contributed by atoms with E-state index in [-0.39, 0.29) is 22.3 Å². The zero-order valence-corrected chi connectivity index (χ0v) is 14.8. The normalized spacial score (nSPS) is 28.5. The van der Waals surface area contributed by atoms with Crippen LogP contribution in [0, 0.1) is 0 Å². The van der Waals surface area contributed by atoms with Crippen LogP contribution in [0.1, 0.15) is 20.1 Å². The van der Waals surface area contributed by atoms with E-state index in [1.54, 1.807) is 0 Å².